The molecule has 1 aliphatic rings. The van der Waals surface area contributed by atoms with Crippen molar-refractivity contribution >= 4 is 40.8 Å². The van der Waals surface area contributed by atoms with Gasteiger partial charge in [0.1, 0.15) is 5.65 Å². The van der Waals surface area contributed by atoms with Gasteiger partial charge in [-0.25, -0.2) is 4.98 Å². The Hall–Kier alpha value is -3.12. The lowest BCUT2D eigenvalue weighted by Gasteiger charge is -2.30. The molecule has 0 saturated carbocycles. The van der Waals surface area contributed by atoms with Crippen molar-refractivity contribution in [1.82, 2.24) is 14.3 Å². The van der Waals surface area contributed by atoms with Crippen LogP contribution < -0.4 is 5.32 Å². The molecule has 1 aliphatic heterocycles. The zero-order valence-electron chi connectivity index (χ0n) is 15.8. The molecule has 3 heterocycles. The highest BCUT2D eigenvalue weighted by Crippen LogP contribution is 2.21. The van der Waals surface area contributed by atoms with Crippen LogP contribution >= 0.6 is 11.6 Å². The Labute approximate surface area is 173 Å². The maximum Gasteiger partial charge on any atom is 0.246 e. The van der Waals surface area contributed by atoms with Gasteiger partial charge in [0.2, 0.25) is 11.8 Å². The van der Waals surface area contributed by atoms with E-state index in [1.54, 1.807) is 11.0 Å². The molecule has 7 heteroatoms. The monoisotopic (exact) mass is 408 g/mol. The molecular weight excluding hydrogens is 388 g/mol. The first-order valence-electron chi connectivity index (χ1n) is 9.57. The van der Waals surface area contributed by atoms with Crippen LogP contribution in [-0.4, -0.2) is 39.2 Å². The van der Waals surface area contributed by atoms with E-state index in [2.05, 4.69) is 10.3 Å². The first-order chi connectivity index (χ1) is 14.1. The Morgan fingerprint density at radius 3 is 2.55 bits per heavy atom. The molecule has 2 amide bonds. The number of likely N-dealkylation sites (tertiary alicyclic amines) is 1. The molecule has 0 unspecified atom stereocenters. The van der Waals surface area contributed by atoms with Crippen molar-refractivity contribution in [3.63, 3.8) is 0 Å². The molecule has 4 rings (SSSR count). The number of nitrogens with zero attached hydrogens (tertiary/aromatic N) is 3. The number of nitrogens with one attached hydrogen (secondary N) is 1. The smallest absolute Gasteiger partial charge is 0.246 e. The summed E-state index contributed by atoms with van der Waals surface area (Å²) in [5, 5.41) is 3.30. The topological polar surface area (TPSA) is 66.7 Å². The predicted octanol–water partition coefficient (Wildman–Crippen LogP) is 3.88. The molecule has 0 atom stereocenters. The molecule has 1 N–H and O–H groups in total. The number of hydrogen-bond donors (Lipinski definition) is 1. The minimum Gasteiger partial charge on any atom is -0.339 e. The van der Waals surface area contributed by atoms with Crippen molar-refractivity contribution in [2.45, 2.75) is 12.8 Å². The van der Waals surface area contributed by atoms with Crippen LogP contribution in [0.25, 0.3) is 11.7 Å². The van der Waals surface area contributed by atoms with Gasteiger partial charge in [-0.05, 0) is 43.2 Å². The van der Waals surface area contributed by atoms with Crippen LogP contribution in [0.4, 0.5) is 5.69 Å². The minimum atomic E-state index is -0.0890. The molecule has 29 heavy (non-hydrogen) atoms. The van der Waals surface area contributed by atoms with E-state index in [0.717, 1.165) is 11.3 Å². The molecule has 0 spiro atoms. The fourth-order valence-electron chi connectivity index (χ4n) is 3.52. The SMILES string of the molecule is O=C(Nc1ccccc1)C1CCN(C(=O)/C=C/c2c(Cl)nc3ccccn23)CC1. The summed E-state index contributed by atoms with van der Waals surface area (Å²) in [7, 11) is 0. The van der Waals surface area contributed by atoms with E-state index in [0.29, 0.717) is 36.8 Å². The number of pyridine rings is 1. The number of carbonyl (C=O) groups is 2. The van der Waals surface area contributed by atoms with E-state index in [1.165, 1.54) is 6.08 Å². The lowest BCUT2D eigenvalue weighted by Crippen LogP contribution is -2.40. The number of anilines is 1. The van der Waals surface area contributed by atoms with Crippen molar-refractivity contribution in [2.75, 3.05) is 18.4 Å². The van der Waals surface area contributed by atoms with Crippen LogP contribution in [0.15, 0.2) is 60.8 Å². The quantitative estimate of drug-likeness (QED) is 0.666. The van der Waals surface area contributed by atoms with E-state index in [9.17, 15) is 9.59 Å². The van der Waals surface area contributed by atoms with Gasteiger partial charge in [0, 0.05) is 37.0 Å². The maximum absolute atomic E-state index is 12.6. The predicted molar refractivity (Wildman–Crippen MR) is 114 cm³/mol. The first kappa shape index (κ1) is 19.2. The Kier molecular flexibility index (Phi) is 5.62. The average Bonchev–Trinajstić information content (AvgIpc) is 3.07. The summed E-state index contributed by atoms with van der Waals surface area (Å²) in [5.74, 6) is -0.165. The zero-order valence-corrected chi connectivity index (χ0v) is 16.5. The van der Waals surface area contributed by atoms with Gasteiger partial charge in [0.15, 0.2) is 5.15 Å². The summed E-state index contributed by atoms with van der Waals surface area (Å²) in [6, 6.07) is 15.0. The standard InChI is InChI=1S/C22H21ClN4O2/c23-21-18(27-13-5-4-8-19(27)25-21)9-10-20(28)26-14-11-16(12-15-26)22(29)24-17-6-2-1-3-7-17/h1-10,13,16H,11-12,14-15H2,(H,24,29)/b10-9+. The highest BCUT2D eigenvalue weighted by molar-refractivity contribution is 6.31. The Morgan fingerprint density at radius 2 is 1.79 bits per heavy atom. The number of para-hydroxylation sites is 1. The van der Waals surface area contributed by atoms with Gasteiger partial charge in [0.05, 0.1) is 5.69 Å². The van der Waals surface area contributed by atoms with Gasteiger partial charge in [-0.2, -0.15) is 0 Å². The van der Waals surface area contributed by atoms with Crippen LogP contribution in [0.1, 0.15) is 18.5 Å². The van der Waals surface area contributed by atoms with Gasteiger partial charge in [-0.1, -0.05) is 35.9 Å². The maximum atomic E-state index is 12.6. The molecular formula is C22H21ClN4O2. The van der Waals surface area contributed by atoms with Gasteiger partial charge >= 0.3 is 0 Å². The molecule has 148 valence electrons. The van der Waals surface area contributed by atoms with E-state index < -0.39 is 0 Å². The second-order valence-corrected chi connectivity index (χ2v) is 7.36. The van der Waals surface area contributed by atoms with Crippen molar-refractivity contribution in [3.05, 3.63) is 71.7 Å². The number of aromatic nitrogens is 2. The van der Waals surface area contributed by atoms with Crippen LogP contribution in [0.3, 0.4) is 0 Å². The van der Waals surface area contributed by atoms with Gasteiger partial charge in [0.25, 0.3) is 0 Å². The number of halogens is 1. The number of benzene rings is 1. The molecule has 0 bridgehead atoms. The summed E-state index contributed by atoms with van der Waals surface area (Å²) in [6.45, 7) is 1.11. The number of hydrogen-bond acceptors (Lipinski definition) is 3. The van der Waals surface area contributed by atoms with E-state index in [4.69, 9.17) is 11.6 Å². The van der Waals surface area contributed by atoms with Crippen molar-refractivity contribution in [2.24, 2.45) is 5.92 Å². The minimum absolute atomic E-state index is 0.0105. The number of imidazole rings is 1. The molecule has 1 aromatic carbocycles. The van der Waals surface area contributed by atoms with Gasteiger partial charge in [-0.3, -0.25) is 14.0 Å². The van der Waals surface area contributed by atoms with Crippen molar-refractivity contribution in [1.29, 1.82) is 0 Å². The summed E-state index contributed by atoms with van der Waals surface area (Å²) in [5.41, 5.74) is 2.20. The molecule has 1 saturated heterocycles. The number of carbonyl (C=O) groups excluding carboxylic acids is 2. The van der Waals surface area contributed by atoms with Gasteiger partial charge in [-0.15, -0.1) is 0 Å². The third kappa shape index (κ3) is 4.32. The first-order valence-corrected chi connectivity index (χ1v) is 9.95. The molecule has 6 nitrogen and oxygen atoms in total. The summed E-state index contributed by atoms with van der Waals surface area (Å²) >= 11 is 6.20. The molecule has 0 radical (unpaired) electrons. The lowest BCUT2D eigenvalue weighted by molar-refractivity contribution is -0.130. The number of amides is 2. The normalized spacial score (nSPS) is 15.1. The summed E-state index contributed by atoms with van der Waals surface area (Å²) in [6.07, 6.45) is 6.37. The fourth-order valence-corrected chi connectivity index (χ4v) is 3.76. The molecule has 0 aliphatic carbocycles. The van der Waals surface area contributed by atoms with Gasteiger partial charge < -0.3 is 10.2 Å². The van der Waals surface area contributed by atoms with Crippen LogP contribution in [0.5, 0.6) is 0 Å². The van der Waals surface area contributed by atoms with Crippen LogP contribution in [0, 0.1) is 5.92 Å². The van der Waals surface area contributed by atoms with Crippen LogP contribution in [0.2, 0.25) is 5.15 Å². The lowest BCUT2D eigenvalue weighted by atomic mass is 9.95. The van der Waals surface area contributed by atoms with E-state index >= 15 is 0 Å². The summed E-state index contributed by atoms with van der Waals surface area (Å²) in [4.78, 5) is 31.0. The third-order valence-corrected chi connectivity index (χ3v) is 5.40. The van der Waals surface area contributed by atoms with Crippen molar-refractivity contribution < 1.29 is 9.59 Å². The number of rotatable bonds is 4. The zero-order chi connectivity index (χ0) is 20.2. The highest BCUT2D eigenvalue weighted by Gasteiger charge is 2.26. The highest BCUT2D eigenvalue weighted by atomic mass is 35.5. The fraction of sp³-hybridized carbons (Fsp3) is 0.227. The van der Waals surface area contributed by atoms with E-state index in [1.807, 2.05) is 59.1 Å². The van der Waals surface area contributed by atoms with E-state index in [-0.39, 0.29) is 17.7 Å². The number of fused-ring (bicyclic) bond motifs is 1. The summed E-state index contributed by atoms with van der Waals surface area (Å²) < 4.78 is 1.84. The second kappa shape index (κ2) is 8.49. The third-order valence-electron chi connectivity index (χ3n) is 5.12. The Bertz CT molecular complexity index is 1050. The Morgan fingerprint density at radius 1 is 1.07 bits per heavy atom. The largest absolute Gasteiger partial charge is 0.339 e. The molecule has 2 aromatic heterocycles. The Balaban J connectivity index is 1.35. The van der Waals surface area contributed by atoms with Crippen molar-refractivity contribution in [3.8, 4) is 0 Å². The average molecular weight is 409 g/mol. The molecule has 3 aromatic rings. The van der Waals surface area contributed by atoms with Crippen LogP contribution in [-0.2, 0) is 9.59 Å². The second-order valence-electron chi connectivity index (χ2n) is 7.00. The molecule has 1 fully saturated rings. The number of piperidine rings is 1.